The maximum atomic E-state index is 12.7. The van der Waals surface area contributed by atoms with Crippen LogP contribution in [0.25, 0.3) is 16.6 Å². The first-order valence-corrected chi connectivity index (χ1v) is 10.8. The van der Waals surface area contributed by atoms with Crippen molar-refractivity contribution in [3.05, 3.63) is 78.6 Å². The Balaban J connectivity index is 1.11. The summed E-state index contributed by atoms with van der Waals surface area (Å²) in [6.07, 6.45) is 5.03. The first kappa shape index (κ1) is 20.0. The molecular weight excluding hydrogens is 404 g/mol. The number of fused-ring (bicyclic) bond motifs is 1. The molecule has 1 saturated heterocycles. The van der Waals surface area contributed by atoms with Crippen LogP contribution in [0.2, 0.25) is 0 Å². The van der Waals surface area contributed by atoms with E-state index in [-0.39, 0.29) is 12.1 Å². The number of benzene rings is 2. The van der Waals surface area contributed by atoms with Gasteiger partial charge < -0.3 is 15.0 Å². The van der Waals surface area contributed by atoms with Crippen LogP contribution in [0.15, 0.2) is 73.1 Å². The Morgan fingerprint density at radius 2 is 1.84 bits per heavy atom. The predicted octanol–water partition coefficient (Wildman–Crippen LogP) is 3.57. The smallest absolute Gasteiger partial charge is 0.317 e. The fourth-order valence-corrected chi connectivity index (χ4v) is 3.98. The number of hydrogen-bond acceptors (Lipinski definition) is 5. The third-order valence-corrected chi connectivity index (χ3v) is 5.69. The summed E-state index contributed by atoms with van der Waals surface area (Å²) in [5.41, 5.74) is 1.12. The van der Waals surface area contributed by atoms with Crippen LogP contribution < -0.4 is 10.1 Å². The Hall–Kier alpha value is -3.94. The summed E-state index contributed by atoms with van der Waals surface area (Å²) in [4.78, 5) is 14.5. The molecule has 2 aromatic heterocycles. The van der Waals surface area contributed by atoms with E-state index in [9.17, 15) is 4.79 Å². The Morgan fingerprint density at radius 3 is 2.62 bits per heavy atom. The van der Waals surface area contributed by atoms with Gasteiger partial charge in [-0.1, -0.05) is 42.5 Å². The molecule has 0 radical (unpaired) electrons. The summed E-state index contributed by atoms with van der Waals surface area (Å²) in [5, 5.41) is 17.8. The summed E-state index contributed by atoms with van der Waals surface area (Å²) in [7, 11) is 0. The Kier molecular flexibility index (Phi) is 5.65. The van der Waals surface area contributed by atoms with E-state index in [2.05, 4.69) is 44.9 Å². The molecule has 3 heterocycles. The van der Waals surface area contributed by atoms with Crippen LogP contribution in [-0.4, -0.2) is 50.1 Å². The molecule has 0 aliphatic carbocycles. The van der Waals surface area contributed by atoms with Crippen LogP contribution in [0.1, 0.15) is 18.4 Å². The van der Waals surface area contributed by atoms with E-state index in [1.165, 1.54) is 10.8 Å². The van der Waals surface area contributed by atoms with Crippen LogP contribution in [-0.2, 0) is 6.54 Å². The lowest BCUT2D eigenvalue weighted by molar-refractivity contribution is 0.106. The van der Waals surface area contributed by atoms with Crippen molar-refractivity contribution < 1.29 is 9.53 Å². The highest BCUT2D eigenvalue weighted by atomic mass is 16.5. The topological polar surface area (TPSA) is 85.2 Å². The number of nitrogens with zero attached hydrogens (tertiary/aromatic N) is 5. The number of rotatable bonds is 5. The van der Waals surface area contributed by atoms with Gasteiger partial charge in [0.2, 0.25) is 5.88 Å². The van der Waals surface area contributed by atoms with Crippen LogP contribution >= 0.6 is 0 Å². The standard InChI is InChI=1S/C24H24N6O2/c31-24(25-17-19-7-3-6-18-5-1-2-8-21(18)19)29-15-11-20(12-16-29)32-23-10-9-22(27-28-23)30-14-4-13-26-30/h1-10,13-14,20H,11-12,15-17H2,(H,25,31). The zero-order valence-electron chi connectivity index (χ0n) is 17.6. The maximum Gasteiger partial charge on any atom is 0.317 e. The lowest BCUT2D eigenvalue weighted by Crippen LogP contribution is -2.46. The van der Waals surface area contributed by atoms with Crippen molar-refractivity contribution >= 4 is 16.8 Å². The summed E-state index contributed by atoms with van der Waals surface area (Å²) in [5.74, 6) is 1.12. The van der Waals surface area contributed by atoms with Crippen LogP contribution in [0.5, 0.6) is 5.88 Å². The number of hydrogen-bond donors (Lipinski definition) is 1. The van der Waals surface area contributed by atoms with Gasteiger partial charge in [-0.05, 0) is 28.5 Å². The van der Waals surface area contributed by atoms with Crippen molar-refractivity contribution in [3.8, 4) is 11.7 Å². The number of amides is 2. The van der Waals surface area contributed by atoms with E-state index >= 15 is 0 Å². The monoisotopic (exact) mass is 428 g/mol. The summed E-state index contributed by atoms with van der Waals surface area (Å²) >= 11 is 0. The van der Waals surface area contributed by atoms with E-state index < -0.39 is 0 Å². The van der Waals surface area contributed by atoms with Gasteiger partial charge in [-0.2, -0.15) is 5.10 Å². The van der Waals surface area contributed by atoms with Gasteiger partial charge in [-0.3, -0.25) is 0 Å². The van der Waals surface area contributed by atoms with Gasteiger partial charge in [0, 0.05) is 50.9 Å². The molecule has 0 bridgehead atoms. The number of likely N-dealkylation sites (tertiary alicyclic amines) is 1. The van der Waals surface area contributed by atoms with Crippen LogP contribution in [0.3, 0.4) is 0 Å². The molecule has 1 aliphatic rings. The van der Waals surface area contributed by atoms with Crippen molar-refractivity contribution in [2.24, 2.45) is 0 Å². The lowest BCUT2D eigenvalue weighted by Gasteiger charge is -2.31. The number of carbonyl (C=O) groups is 1. The fraction of sp³-hybridized carbons (Fsp3) is 0.250. The summed E-state index contributed by atoms with van der Waals surface area (Å²) in [6.45, 7) is 1.80. The first-order chi connectivity index (χ1) is 15.8. The molecule has 1 N–H and O–H groups in total. The third-order valence-electron chi connectivity index (χ3n) is 5.69. The average Bonchev–Trinajstić information content (AvgIpc) is 3.38. The Bertz CT molecular complexity index is 1180. The number of carbonyl (C=O) groups excluding carboxylic acids is 1. The molecule has 8 heteroatoms. The molecule has 0 saturated carbocycles. The molecule has 0 spiro atoms. The number of aromatic nitrogens is 4. The van der Waals surface area contributed by atoms with Gasteiger partial charge in [0.05, 0.1) is 0 Å². The lowest BCUT2D eigenvalue weighted by atomic mass is 10.0. The highest BCUT2D eigenvalue weighted by molar-refractivity contribution is 5.86. The van der Waals surface area contributed by atoms with E-state index in [4.69, 9.17) is 4.74 Å². The largest absolute Gasteiger partial charge is 0.473 e. The average molecular weight is 428 g/mol. The van der Waals surface area contributed by atoms with E-state index in [1.54, 1.807) is 16.9 Å². The Morgan fingerprint density at radius 1 is 1.00 bits per heavy atom. The number of urea groups is 1. The number of nitrogens with one attached hydrogen (secondary N) is 1. The molecule has 2 amide bonds. The van der Waals surface area contributed by atoms with Gasteiger partial charge in [0.25, 0.3) is 0 Å². The van der Waals surface area contributed by atoms with Crippen LogP contribution in [0, 0.1) is 0 Å². The highest BCUT2D eigenvalue weighted by Crippen LogP contribution is 2.20. The molecule has 8 nitrogen and oxygen atoms in total. The van der Waals surface area contributed by atoms with E-state index in [1.807, 2.05) is 41.4 Å². The second-order valence-electron chi connectivity index (χ2n) is 7.78. The minimum atomic E-state index is -0.0419. The minimum Gasteiger partial charge on any atom is -0.473 e. The van der Waals surface area contributed by atoms with Crippen molar-refractivity contribution in [1.29, 1.82) is 0 Å². The van der Waals surface area contributed by atoms with Gasteiger partial charge in [0.1, 0.15) is 6.10 Å². The Labute approximate surface area is 185 Å². The number of piperidine rings is 1. The molecule has 1 fully saturated rings. The van der Waals surface area contributed by atoms with Gasteiger partial charge in [-0.15, -0.1) is 10.2 Å². The molecule has 162 valence electrons. The van der Waals surface area contributed by atoms with Crippen molar-refractivity contribution in [3.63, 3.8) is 0 Å². The van der Waals surface area contributed by atoms with Crippen molar-refractivity contribution in [1.82, 2.24) is 30.2 Å². The quantitative estimate of drug-likeness (QED) is 0.525. The molecule has 1 aliphatic heterocycles. The second-order valence-corrected chi connectivity index (χ2v) is 7.78. The van der Waals surface area contributed by atoms with E-state index in [0.29, 0.717) is 31.3 Å². The SMILES string of the molecule is O=C(NCc1cccc2ccccc12)N1CCC(Oc2ccc(-n3cccn3)nn2)CC1. The summed E-state index contributed by atoms with van der Waals surface area (Å²) in [6, 6.07) is 19.8. The fourth-order valence-electron chi connectivity index (χ4n) is 3.98. The van der Waals surface area contributed by atoms with Gasteiger partial charge in [-0.25, -0.2) is 9.48 Å². The third kappa shape index (κ3) is 4.39. The zero-order chi connectivity index (χ0) is 21.8. The molecule has 4 aromatic rings. The van der Waals surface area contributed by atoms with Crippen molar-refractivity contribution in [2.75, 3.05) is 13.1 Å². The van der Waals surface area contributed by atoms with E-state index in [0.717, 1.165) is 18.4 Å². The molecule has 5 rings (SSSR count). The molecular formula is C24H24N6O2. The van der Waals surface area contributed by atoms with Gasteiger partial charge >= 0.3 is 6.03 Å². The zero-order valence-corrected chi connectivity index (χ0v) is 17.6. The van der Waals surface area contributed by atoms with Crippen LogP contribution in [0.4, 0.5) is 4.79 Å². The molecule has 2 aromatic carbocycles. The second kappa shape index (κ2) is 9.05. The molecule has 32 heavy (non-hydrogen) atoms. The normalized spacial score (nSPS) is 14.4. The molecule has 0 atom stereocenters. The first-order valence-electron chi connectivity index (χ1n) is 10.8. The minimum absolute atomic E-state index is 0.0157. The summed E-state index contributed by atoms with van der Waals surface area (Å²) < 4.78 is 7.62. The highest BCUT2D eigenvalue weighted by Gasteiger charge is 2.24. The molecule has 0 unspecified atom stereocenters. The number of ether oxygens (including phenoxy) is 1. The van der Waals surface area contributed by atoms with Crippen molar-refractivity contribution in [2.45, 2.75) is 25.5 Å². The maximum absolute atomic E-state index is 12.7. The predicted molar refractivity (Wildman–Crippen MR) is 121 cm³/mol. The van der Waals surface area contributed by atoms with Gasteiger partial charge in [0.15, 0.2) is 5.82 Å².